The first-order chi connectivity index (χ1) is 7.81. The fourth-order valence-corrected chi connectivity index (χ4v) is 1.65. The van der Waals surface area contributed by atoms with E-state index in [1.54, 1.807) is 0 Å². The van der Waals surface area contributed by atoms with Crippen molar-refractivity contribution in [3.63, 3.8) is 0 Å². The van der Waals surface area contributed by atoms with Crippen LogP contribution >= 0.6 is 0 Å². The van der Waals surface area contributed by atoms with Gasteiger partial charge in [0.25, 0.3) is 5.60 Å². The lowest BCUT2D eigenvalue weighted by Gasteiger charge is -2.30. The van der Waals surface area contributed by atoms with Crippen LogP contribution in [0.5, 0.6) is 0 Å². The zero-order valence-corrected chi connectivity index (χ0v) is 10.1. The molecule has 0 heterocycles. The van der Waals surface area contributed by atoms with Gasteiger partial charge in [-0.15, -0.1) is 0 Å². The van der Waals surface area contributed by atoms with E-state index < -0.39 is 24.2 Å². The van der Waals surface area contributed by atoms with Gasteiger partial charge >= 0.3 is 12.1 Å². The minimum atomic E-state index is -4.89. The van der Waals surface area contributed by atoms with Gasteiger partial charge in [0.15, 0.2) is 0 Å². The molecule has 0 saturated heterocycles. The van der Waals surface area contributed by atoms with Crippen LogP contribution in [0.3, 0.4) is 0 Å². The molecular formula is C11H19F3O3. The highest BCUT2D eigenvalue weighted by Crippen LogP contribution is 2.37. The topological polar surface area (TPSA) is 46.5 Å². The number of halogens is 3. The van der Waals surface area contributed by atoms with E-state index in [0.717, 1.165) is 26.4 Å². The number of hydrogen-bond donors (Lipinski definition) is 1. The second-order valence-corrected chi connectivity index (χ2v) is 4.00. The van der Waals surface area contributed by atoms with Crippen molar-refractivity contribution in [2.24, 2.45) is 0 Å². The quantitative estimate of drug-likeness (QED) is 0.677. The second kappa shape index (κ2) is 6.83. The van der Waals surface area contributed by atoms with Crippen LogP contribution in [0.1, 0.15) is 45.4 Å². The lowest BCUT2D eigenvalue weighted by Crippen LogP contribution is -2.53. The molecule has 0 radical (unpaired) electrons. The number of hydrogen-bond acceptors (Lipinski definition) is 2. The molecule has 0 fully saturated rings. The summed E-state index contributed by atoms with van der Waals surface area (Å²) in [5.74, 6) is -1.97. The fourth-order valence-electron chi connectivity index (χ4n) is 1.65. The van der Waals surface area contributed by atoms with E-state index in [9.17, 15) is 18.0 Å². The lowest BCUT2D eigenvalue weighted by molar-refractivity contribution is -0.270. The van der Waals surface area contributed by atoms with Gasteiger partial charge in [-0.3, -0.25) is 0 Å². The van der Waals surface area contributed by atoms with Gasteiger partial charge in [-0.05, 0) is 12.8 Å². The van der Waals surface area contributed by atoms with Gasteiger partial charge in [-0.2, -0.15) is 13.2 Å². The molecule has 1 atom stereocenters. The second-order valence-electron chi connectivity index (χ2n) is 4.00. The van der Waals surface area contributed by atoms with Gasteiger partial charge in [-0.1, -0.05) is 32.6 Å². The zero-order valence-electron chi connectivity index (χ0n) is 10.1. The van der Waals surface area contributed by atoms with Crippen LogP contribution in [-0.2, 0) is 9.53 Å². The smallest absolute Gasteiger partial charge is 0.428 e. The van der Waals surface area contributed by atoms with Crippen molar-refractivity contribution in [1.29, 1.82) is 0 Å². The minimum absolute atomic E-state index is 0.194. The molecule has 6 heteroatoms. The molecule has 0 aromatic rings. The lowest BCUT2D eigenvalue weighted by atomic mass is 9.94. The number of carbonyl (C=O) groups is 1. The van der Waals surface area contributed by atoms with Crippen LogP contribution in [0.4, 0.5) is 13.2 Å². The molecule has 0 rings (SSSR count). The predicted octanol–water partition coefficient (Wildman–Crippen LogP) is 3.38. The zero-order chi connectivity index (χ0) is 13.5. The first-order valence-electron chi connectivity index (χ1n) is 5.67. The summed E-state index contributed by atoms with van der Waals surface area (Å²) in [5.41, 5.74) is -3.06. The molecule has 1 N–H and O–H groups in total. The number of aliphatic carboxylic acids is 1. The van der Waals surface area contributed by atoms with Crippen LogP contribution in [-0.4, -0.2) is 30.0 Å². The number of alkyl halides is 3. The van der Waals surface area contributed by atoms with E-state index in [-0.39, 0.29) is 6.42 Å². The van der Waals surface area contributed by atoms with Gasteiger partial charge in [0, 0.05) is 7.11 Å². The third-order valence-electron chi connectivity index (χ3n) is 2.78. The highest BCUT2D eigenvalue weighted by molar-refractivity contribution is 5.78. The Bertz CT molecular complexity index is 241. The normalized spacial score (nSPS) is 15.6. The number of ether oxygens (including phenoxy) is 1. The van der Waals surface area contributed by atoms with E-state index >= 15 is 0 Å². The monoisotopic (exact) mass is 256 g/mol. The Morgan fingerprint density at radius 3 is 2.06 bits per heavy atom. The molecule has 0 bridgehead atoms. The summed E-state index contributed by atoms with van der Waals surface area (Å²) in [4.78, 5) is 10.8. The van der Waals surface area contributed by atoms with Crippen molar-refractivity contribution in [2.45, 2.75) is 57.2 Å². The molecule has 102 valence electrons. The molecule has 0 saturated carbocycles. The Balaban J connectivity index is 4.46. The van der Waals surface area contributed by atoms with Crippen LogP contribution in [0.25, 0.3) is 0 Å². The first-order valence-corrected chi connectivity index (χ1v) is 5.67. The molecular weight excluding hydrogens is 237 g/mol. The Morgan fingerprint density at radius 1 is 1.18 bits per heavy atom. The van der Waals surface area contributed by atoms with Crippen LogP contribution in [0.15, 0.2) is 0 Å². The average molecular weight is 256 g/mol. The van der Waals surface area contributed by atoms with E-state index in [1.807, 2.05) is 6.92 Å². The van der Waals surface area contributed by atoms with Crippen LogP contribution < -0.4 is 0 Å². The Hall–Kier alpha value is -0.780. The Kier molecular flexibility index (Phi) is 6.52. The largest absolute Gasteiger partial charge is 0.479 e. The maximum atomic E-state index is 12.7. The van der Waals surface area contributed by atoms with Gasteiger partial charge in [0.1, 0.15) is 0 Å². The molecule has 0 amide bonds. The van der Waals surface area contributed by atoms with Crippen molar-refractivity contribution in [3.05, 3.63) is 0 Å². The van der Waals surface area contributed by atoms with Crippen molar-refractivity contribution in [2.75, 3.05) is 7.11 Å². The molecule has 3 nitrogen and oxygen atoms in total. The maximum absolute atomic E-state index is 12.7. The molecule has 0 aliphatic heterocycles. The summed E-state index contributed by atoms with van der Waals surface area (Å²) in [6.07, 6.45) is -1.91. The first kappa shape index (κ1) is 16.2. The molecule has 0 aliphatic carbocycles. The maximum Gasteiger partial charge on any atom is 0.428 e. The summed E-state index contributed by atoms with van der Waals surface area (Å²) in [5, 5.41) is 8.72. The third kappa shape index (κ3) is 4.18. The Labute approximate surface area is 99.0 Å². The van der Waals surface area contributed by atoms with Gasteiger partial charge in [0.2, 0.25) is 0 Å². The summed E-state index contributed by atoms with van der Waals surface area (Å²) in [6.45, 7) is 1.99. The van der Waals surface area contributed by atoms with E-state index in [2.05, 4.69) is 4.74 Å². The number of carboxylic acids is 1. The average Bonchev–Trinajstić information content (AvgIpc) is 2.21. The van der Waals surface area contributed by atoms with Crippen molar-refractivity contribution < 1.29 is 27.8 Å². The van der Waals surface area contributed by atoms with E-state index in [4.69, 9.17) is 5.11 Å². The van der Waals surface area contributed by atoms with E-state index in [0.29, 0.717) is 6.42 Å². The van der Waals surface area contributed by atoms with Crippen molar-refractivity contribution in [3.8, 4) is 0 Å². The molecule has 0 aliphatic rings. The third-order valence-corrected chi connectivity index (χ3v) is 2.78. The van der Waals surface area contributed by atoms with Crippen molar-refractivity contribution >= 4 is 5.97 Å². The van der Waals surface area contributed by atoms with Crippen LogP contribution in [0, 0.1) is 0 Å². The van der Waals surface area contributed by atoms with Crippen molar-refractivity contribution in [1.82, 2.24) is 0 Å². The summed E-state index contributed by atoms with van der Waals surface area (Å²) in [7, 11) is 0.785. The van der Waals surface area contributed by atoms with Gasteiger partial charge in [0.05, 0.1) is 0 Å². The summed E-state index contributed by atoms with van der Waals surface area (Å²) >= 11 is 0. The number of carboxylic acid groups (broad SMARTS) is 1. The highest BCUT2D eigenvalue weighted by atomic mass is 19.4. The SMILES string of the molecule is CCCCCCC[C@@](OC)(C(=O)O)C(F)(F)F. The standard InChI is InChI=1S/C11H19F3O3/c1-3-4-5-6-7-8-10(17-2,9(15)16)11(12,13)14/h3-8H2,1-2H3,(H,15,16)/t10-/m1/s1. The molecule has 0 unspecified atom stereocenters. The highest BCUT2D eigenvalue weighted by Gasteiger charge is 2.61. The van der Waals surface area contributed by atoms with Gasteiger partial charge in [-0.25, -0.2) is 4.79 Å². The predicted molar refractivity (Wildman–Crippen MR) is 56.8 cm³/mol. The molecule has 0 aromatic carbocycles. The summed E-state index contributed by atoms with van der Waals surface area (Å²) in [6, 6.07) is 0. The van der Waals surface area contributed by atoms with Gasteiger partial charge < -0.3 is 9.84 Å². The fraction of sp³-hybridized carbons (Fsp3) is 0.909. The van der Waals surface area contributed by atoms with Crippen LogP contribution in [0.2, 0.25) is 0 Å². The number of rotatable bonds is 8. The number of unbranched alkanes of at least 4 members (excludes halogenated alkanes) is 4. The molecule has 17 heavy (non-hydrogen) atoms. The summed E-state index contributed by atoms with van der Waals surface area (Å²) < 4.78 is 42.3. The number of methoxy groups -OCH3 is 1. The molecule has 0 spiro atoms. The van der Waals surface area contributed by atoms with E-state index in [1.165, 1.54) is 0 Å². The minimum Gasteiger partial charge on any atom is -0.479 e. The molecule has 0 aromatic heterocycles. The Morgan fingerprint density at radius 2 is 1.71 bits per heavy atom.